The van der Waals surface area contributed by atoms with Crippen LogP contribution in [-0.2, 0) is 19.2 Å². The molecule has 0 rings (SSSR count). The smallest absolute Gasteiger partial charge is 0.328 e. The van der Waals surface area contributed by atoms with Gasteiger partial charge >= 0.3 is 5.97 Å². The molecule has 31 heavy (non-hydrogen) atoms. The number of carbonyl (C=O) groups excluding carboxylic acids is 3. The molecule has 0 aliphatic heterocycles. The lowest BCUT2D eigenvalue weighted by Crippen LogP contribution is -2.59. The third kappa shape index (κ3) is 10.6. The Morgan fingerprint density at radius 1 is 0.742 bits per heavy atom. The van der Waals surface area contributed by atoms with E-state index in [1.807, 2.05) is 27.7 Å². The summed E-state index contributed by atoms with van der Waals surface area (Å²) in [6.07, 6.45) is -0.733. The van der Waals surface area contributed by atoms with Crippen LogP contribution in [0, 0.1) is 17.8 Å². The highest BCUT2D eigenvalue weighted by Crippen LogP contribution is 2.10. The summed E-state index contributed by atoms with van der Waals surface area (Å²) in [6, 6.07) is -4.21. The number of carboxylic acid groups (broad SMARTS) is 1. The van der Waals surface area contributed by atoms with Crippen LogP contribution >= 0.6 is 0 Å². The number of carboxylic acids is 1. The maximum Gasteiger partial charge on any atom is 0.328 e. The Kier molecular flexibility index (Phi) is 12.3. The second-order valence-corrected chi connectivity index (χ2v) is 9.22. The van der Waals surface area contributed by atoms with Gasteiger partial charge in [0, 0.05) is 0 Å². The van der Waals surface area contributed by atoms with Gasteiger partial charge in [0.15, 0.2) is 6.04 Å². The Bertz CT molecular complexity index is 621. The number of aliphatic hydroxyl groups is 1. The number of hydrogen-bond acceptors (Lipinski definition) is 6. The molecule has 0 aromatic heterocycles. The first-order valence-electron chi connectivity index (χ1n) is 10.7. The quantitative estimate of drug-likeness (QED) is 0.232. The molecular weight excluding hydrogens is 404 g/mol. The van der Waals surface area contributed by atoms with Crippen molar-refractivity contribution >= 4 is 23.7 Å². The summed E-state index contributed by atoms with van der Waals surface area (Å²) in [5, 5.41) is 26.4. The zero-order valence-electron chi connectivity index (χ0n) is 19.6. The first-order chi connectivity index (χ1) is 14.2. The van der Waals surface area contributed by atoms with Gasteiger partial charge in [0.25, 0.3) is 0 Å². The maximum absolute atomic E-state index is 12.9. The lowest BCUT2D eigenvalue weighted by molar-refractivity contribution is -0.145. The van der Waals surface area contributed by atoms with Crippen molar-refractivity contribution in [1.29, 1.82) is 0 Å². The van der Waals surface area contributed by atoms with E-state index in [1.165, 1.54) is 6.92 Å². The van der Waals surface area contributed by atoms with E-state index in [-0.39, 0.29) is 24.2 Å². The van der Waals surface area contributed by atoms with Crippen LogP contribution in [0.1, 0.15) is 61.3 Å². The standard InChI is InChI=1S/C21H40N4O6/c1-10(2)8-14(24-20(29)16(22)12(5)6)18(27)23-15(9-11(3)4)19(28)25-17(13(7)26)21(30)31/h10-17,26H,8-9,22H2,1-7H3,(H,23,27)(H,24,29)(H,25,28)(H,30,31)/t13-,14+,15+,16+,17+/m1/s1. The summed E-state index contributed by atoms with van der Waals surface area (Å²) < 4.78 is 0. The van der Waals surface area contributed by atoms with E-state index in [1.54, 1.807) is 13.8 Å². The number of hydrogen-bond donors (Lipinski definition) is 6. The molecule has 0 aliphatic rings. The molecule has 0 unspecified atom stereocenters. The molecule has 0 saturated carbocycles. The van der Waals surface area contributed by atoms with Crippen LogP contribution in [0.15, 0.2) is 0 Å². The minimum Gasteiger partial charge on any atom is -0.480 e. The third-order valence-electron chi connectivity index (χ3n) is 4.75. The van der Waals surface area contributed by atoms with Crippen molar-refractivity contribution in [2.75, 3.05) is 0 Å². The van der Waals surface area contributed by atoms with Crippen LogP contribution < -0.4 is 21.7 Å². The molecule has 0 radical (unpaired) electrons. The van der Waals surface area contributed by atoms with Gasteiger partial charge in [-0.2, -0.15) is 0 Å². The van der Waals surface area contributed by atoms with Crippen LogP contribution in [0.25, 0.3) is 0 Å². The average molecular weight is 445 g/mol. The molecule has 0 heterocycles. The first kappa shape index (κ1) is 28.8. The van der Waals surface area contributed by atoms with Crippen molar-refractivity contribution in [3.63, 3.8) is 0 Å². The third-order valence-corrected chi connectivity index (χ3v) is 4.75. The highest BCUT2D eigenvalue weighted by atomic mass is 16.4. The predicted octanol–water partition coefficient (Wildman–Crippen LogP) is -0.0183. The number of aliphatic hydroxyl groups excluding tert-OH is 1. The van der Waals surface area contributed by atoms with E-state index in [9.17, 15) is 29.4 Å². The fraction of sp³-hybridized carbons (Fsp3) is 0.810. The highest BCUT2D eigenvalue weighted by molar-refractivity contribution is 5.94. The average Bonchev–Trinajstić information content (AvgIpc) is 2.62. The Hall–Kier alpha value is -2.20. The van der Waals surface area contributed by atoms with E-state index in [0.717, 1.165) is 0 Å². The van der Waals surface area contributed by atoms with Crippen LogP contribution in [0.5, 0.6) is 0 Å². The number of nitrogens with one attached hydrogen (secondary N) is 3. The van der Waals surface area contributed by atoms with Gasteiger partial charge in [-0.3, -0.25) is 14.4 Å². The predicted molar refractivity (Wildman–Crippen MR) is 117 cm³/mol. The van der Waals surface area contributed by atoms with Crippen LogP contribution in [0.2, 0.25) is 0 Å². The molecule has 0 fully saturated rings. The van der Waals surface area contributed by atoms with Gasteiger partial charge in [-0.25, -0.2) is 4.79 Å². The minimum atomic E-state index is -1.51. The minimum absolute atomic E-state index is 0.0124. The van der Waals surface area contributed by atoms with Gasteiger partial charge in [-0.05, 0) is 37.5 Å². The number of amides is 3. The lowest BCUT2D eigenvalue weighted by Gasteiger charge is -2.27. The zero-order chi connectivity index (χ0) is 24.5. The van der Waals surface area contributed by atoms with Crippen molar-refractivity contribution in [2.24, 2.45) is 23.5 Å². The van der Waals surface area contributed by atoms with Gasteiger partial charge in [0.1, 0.15) is 12.1 Å². The van der Waals surface area contributed by atoms with E-state index < -0.39 is 54.0 Å². The Morgan fingerprint density at radius 3 is 1.45 bits per heavy atom. The number of nitrogens with two attached hydrogens (primary N) is 1. The summed E-state index contributed by atoms with van der Waals surface area (Å²) in [7, 11) is 0. The van der Waals surface area contributed by atoms with E-state index in [4.69, 9.17) is 5.73 Å². The van der Waals surface area contributed by atoms with Gasteiger partial charge in [0.05, 0.1) is 12.1 Å². The van der Waals surface area contributed by atoms with Gasteiger partial charge < -0.3 is 31.9 Å². The van der Waals surface area contributed by atoms with E-state index >= 15 is 0 Å². The van der Waals surface area contributed by atoms with Crippen molar-refractivity contribution < 1.29 is 29.4 Å². The zero-order valence-corrected chi connectivity index (χ0v) is 19.6. The van der Waals surface area contributed by atoms with E-state index in [0.29, 0.717) is 6.42 Å². The Labute approximate surface area is 184 Å². The van der Waals surface area contributed by atoms with Crippen LogP contribution in [0.3, 0.4) is 0 Å². The molecule has 7 N–H and O–H groups in total. The molecule has 0 aromatic rings. The number of rotatable bonds is 13. The van der Waals surface area contributed by atoms with Crippen molar-refractivity contribution in [3.05, 3.63) is 0 Å². The van der Waals surface area contributed by atoms with Crippen molar-refractivity contribution in [2.45, 2.75) is 91.6 Å². The summed E-state index contributed by atoms with van der Waals surface area (Å²) >= 11 is 0. The molecule has 3 amide bonds. The second kappa shape index (κ2) is 13.3. The topological polar surface area (TPSA) is 171 Å². The molecule has 10 nitrogen and oxygen atoms in total. The molecule has 180 valence electrons. The molecule has 0 saturated heterocycles. The van der Waals surface area contributed by atoms with Crippen molar-refractivity contribution in [3.8, 4) is 0 Å². The number of aliphatic carboxylic acids is 1. The molecular formula is C21H40N4O6. The van der Waals surface area contributed by atoms with Gasteiger partial charge in [0.2, 0.25) is 17.7 Å². The lowest BCUT2D eigenvalue weighted by atomic mass is 9.98. The Morgan fingerprint density at radius 2 is 1.13 bits per heavy atom. The molecule has 5 atom stereocenters. The molecule has 0 aromatic carbocycles. The second-order valence-electron chi connectivity index (χ2n) is 9.22. The fourth-order valence-electron chi connectivity index (χ4n) is 2.89. The van der Waals surface area contributed by atoms with Crippen LogP contribution in [0.4, 0.5) is 0 Å². The summed E-state index contributed by atoms with van der Waals surface area (Å²) in [6.45, 7) is 12.3. The van der Waals surface area contributed by atoms with Crippen molar-refractivity contribution in [1.82, 2.24) is 16.0 Å². The summed E-state index contributed by atoms with van der Waals surface area (Å²) in [4.78, 5) is 49.3. The van der Waals surface area contributed by atoms with Gasteiger partial charge in [-0.15, -0.1) is 0 Å². The Balaban J connectivity index is 5.51. The largest absolute Gasteiger partial charge is 0.480 e. The van der Waals surface area contributed by atoms with Gasteiger partial charge in [-0.1, -0.05) is 41.5 Å². The highest BCUT2D eigenvalue weighted by Gasteiger charge is 2.32. The molecule has 0 aliphatic carbocycles. The molecule has 0 bridgehead atoms. The molecule has 0 spiro atoms. The van der Waals surface area contributed by atoms with E-state index in [2.05, 4.69) is 16.0 Å². The maximum atomic E-state index is 12.9. The number of carbonyl (C=O) groups is 4. The molecule has 10 heteroatoms. The summed E-state index contributed by atoms with van der Waals surface area (Å²) in [5.74, 6) is -3.14. The fourth-order valence-corrected chi connectivity index (χ4v) is 2.89. The normalized spacial score (nSPS) is 16.4. The first-order valence-corrected chi connectivity index (χ1v) is 10.7. The monoisotopic (exact) mass is 444 g/mol. The SMILES string of the molecule is CC(C)C[C@H](NC(=O)[C@H](CC(C)C)NC(=O)[C@@H](N)C(C)C)C(=O)N[C@H](C(=O)O)[C@@H](C)O. The van der Waals surface area contributed by atoms with Crippen LogP contribution in [-0.4, -0.2) is 64.2 Å². The summed E-state index contributed by atoms with van der Waals surface area (Å²) in [5.41, 5.74) is 5.88.